The maximum absolute atomic E-state index is 11.6. The van der Waals surface area contributed by atoms with Crippen molar-refractivity contribution in [3.05, 3.63) is 35.9 Å². The molecule has 5 heteroatoms. The van der Waals surface area contributed by atoms with E-state index in [4.69, 9.17) is 4.74 Å². The minimum Gasteiger partial charge on any atom is -0.444 e. The number of rotatable bonds is 6. The first-order valence-electron chi connectivity index (χ1n) is 8.89. The highest BCUT2D eigenvalue weighted by Gasteiger charge is 2.54. The summed E-state index contributed by atoms with van der Waals surface area (Å²) in [4.78, 5) is 14.1. The fourth-order valence-electron chi connectivity index (χ4n) is 3.60. The number of benzene rings is 1. The molecule has 0 aromatic heterocycles. The van der Waals surface area contributed by atoms with Crippen LogP contribution in [0.4, 0.5) is 4.79 Å². The molecule has 1 heterocycles. The van der Waals surface area contributed by atoms with Crippen molar-refractivity contribution in [2.24, 2.45) is 11.8 Å². The molecular formula is C19H29N3O2. The predicted octanol–water partition coefficient (Wildman–Crippen LogP) is 2.23. The Hall–Kier alpha value is -1.59. The second-order valence-electron chi connectivity index (χ2n) is 7.92. The van der Waals surface area contributed by atoms with Gasteiger partial charge in [-0.25, -0.2) is 4.79 Å². The van der Waals surface area contributed by atoms with Crippen molar-refractivity contribution in [2.75, 3.05) is 26.2 Å². The Labute approximate surface area is 144 Å². The van der Waals surface area contributed by atoms with Gasteiger partial charge in [0.25, 0.3) is 0 Å². The molecule has 24 heavy (non-hydrogen) atoms. The fourth-order valence-corrected chi connectivity index (χ4v) is 3.60. The zero-order chi connectivity index (χ0) is 17.2. The highest BCUT2D eigenvalue weighted by Crippen LogP contribution is 2.45. The number of ether oxygens (including phenoxy) is 1. The number of piperidine rings is 1. The van der Waals surface area contributed by atoms with Crippen LogP contribution in [-0.4, -0.2) is 48.8 Å². The largest absolute Gasteiger partial charge is 0.444 e. The van der Waals surface area contributed by atoms with Crippen molar-refractivity contribution in [1.29, 1.82) is 0 Å². The zero-order valence-electron chi connectivity index (χ0n) is 14.9. The smallest absolute Gasteiger partial charge is 0.407 e. The van der Waals surface area contributed by atoms with Gasteiger partial charge in [0.1, 0.15) is 5.60 Å². The van der Waals surface area contributed by atoms with Crippen LogP contribution in [-0.2, 0) is 11.3 Å². The standard InChI is InChI=1S/C19H29N3O2/c1-19(2,3)24-18(23)21-10-9-20-17-15-12-22(13-16(15)17)11-14-7-5-4-6-8-14/h4-8,15-17,20H,9-13H2,1-3H3,(H,21,23). The fraction of sp³-hybridized carbons (Fsp3) is 0.632. The van der Waals surface area contributed by atoms with E-state index in [1.54, 1.807) is 0 Å². The Kier molecular flexibility index (Phi) is 5.11. The maximum atomic E-state index is 11.6. The van der Waals surface area contributed by atoms with E-state index in [1.807, 2.05) is 20.8 Å². The molecule has 2 N–H and O–H groups in total. The van der Waals surface area contributed by atoms with Crippen molar-refractivity contribution < 1.29 is 9.53 Å². The lowest BCUT2D eigenvalue weighted by molar-refractivity contribution is 0.0528. The number of fused-ring (bicyclic) bond motifs is 1. The van der Waals surface area contributed by atoms with Crippen molar-refractivity contribution in [3.63, 3.8) is 0 Å². The van der Waals surface area contributed by atoms with Gasteiger partial charge < -0.3 is 15.4 Å². The molecule has 1 aliphatic heterocycles. The molecule has 2 aliphatic rings. The number of nitrogens with one attached hydrogen (secondary N) is 2. The Morgan fingerprint density at radius 3 is 2.46 bits per heavy atom. The molecule has 132 valence electrons. The average Bonchev–Trinajstić information content (AvgIpc) is 2.95. The molecule has 2 atom stereocenters. The van der Waals surface area contributed by atoms with Crippen LogP contribution in [0, 0.1) is 11.8 Å². The average molecular weight is 331 g/mol. The van der Waals surface area contributed by atoms with E-state index >= 15 is 0 Å². The molecule has 0 spiro atoms. The predicted molar refractivity (Wildman–Crippen MR) is 94.7 cm³/mol. The van der Waals surface area contributed by atoms with Gasteiger partial charge in [-0.15, -0.1) is 0 Å². The number of amides is 1. The van der Waals surface area contributed by atoms with Gasteiger partial charge in [-0.2, -0.15) is 0 Å². The van der Waals surface area contributed by atoms with Crippen LogP contribution in [0.25, 0.3) is 0 Å². The number of likely N-dealkylation sites (tertiary alicyclic amines) is 1. The third-order valence-corrected chi connectivity index (χ3v) is 4.69. The van der Waals surface area contributed by atoms with Gasteiger partial charge in [0.2, 0.25) is 0 Å². The Bertz CT molecular complexity index is 543. The van der Waals surface area contributed by atoms with E-state index in [0.717, 1.165) is 24.9 Å². The summed E-state index contributed by atoms with van der Waals surface area (Å²) < 4.78 is 5.22. The van der Waals surface area contributed by atoms with Gasteiger partial charge in [0, 0.05) is 38.8 Å². The molecule has 1 saturated heterocycles. The van der Waals surface area contributed by atoms with Crippen molar-refractivity contribution >= 4 is 6.09 Å². The van der Waals surface area contributed by atoms with Gasteiger partial charge in [-0.05, 0) is 38.2 Å². The van der Waals surface area contributed by atoms with Crippen LogP contribution < -0.4 is 10.6 Å². The van der Waals surface area contributed by atoms with E-state index in [2.05, 4.69) is 45.9 Å². The molecule has 1 amide bonds. The van der Waals surface area contributed by atoms with Gasteiger partial charge in [-0.3, -0.25) is 4.90 Å². The number of hydrogen-bond donors (Lipinski definition) is 2. The summed E-state index contributed by atoms with van der Waals surface area (Å²) in [6.45, 7) is 10.4. The molecule has 1 aliphatic carbocycles. The summed E-state index contributed by atoms with van der Waals surface area (Å²) in [7, 11) is 0. The highest BCUT2D eigenvalue weighted by atomic mass is 16.6. The van der Waals surface area contributed by atoms with E-state index in [1.165, 1.54) is 18.7 Å². The minimum atomic E-state index is -0.437. The second kappa shape index (κ2) is 7.11. The Balaban J connectivity index is 1.28. The van der Waals surface area contributed by atoms with Gasteiger partial charge >= 0.3 is 6.09 Å². The van der Waals surface area contributed by atoms with Crippen LogP contribution in [0.2, 0.25) is 0 Å². The maximum Gasteiger partial charge on any atom is 0.407 e. The lowest BCUT2D eigenvalue weighted by Gasteiger charge is -2.21. The monoisotopic (exact) mass is 331 g/mol. The van der Waals surface area contributed by atoms with Gasteiger partial charge in [-0.1, -0.05) is 30.3 Å². The normalized spacial score (nSPS) is 26.0. The topological polar surface area (TPSA) is 53.6 Å². The van der Waals surface area contributed by atoms with E-state index < -0.39 is 5.60 Å². The number of carbonyl (C=O) groups excluding carboxylic acids is 1. The van der Waals surface area contributed by atoms with E-state index in [-0.39, 0.29) is 6.09 Å². The van der Waals surface area contributed by atoms with Crippen molar-refractivity contribution in [2.45, 2.75) is 39.0 Å². The van der Waals surface area contributed by atoms with Crippen LogP contribution in [0.3, 0.4) is 0 Å². The molecule has 2 unspecified atom stereocenters. The first kappa shape index (κ1) is 17.2. The van der Waals surface area contributed by atoms with E-state index in [9.17, 15) is 4.79 Å². The van der Waals surface area contributed by atoms with Crippen LogP contribution in [0.1, 0.15) is 26.3 Å². The Morgan fingerprint density at radius 1 is 1.17 bits per heavy atom. The number of hydrogen-bond acceptors (Lipinski definition) is 4. The summed E-state index contributed by atoms with van der Waals surface area (Å²) in [6.07, 6.45) is -0.339. The van der Waals surface area contributed by atoms with Crippen LogP contribution in [0.5, 0.6) is 0 Å². The molecule has 1 aromatic rings. The molecular weight excluding hydrogens is 302 g/mol. The molecule has 1 saturated carbocycles. The lowest BCUT2D eigenvalue weighted by Crippen LogP contribution is -2.38. The second-order valence-corrected chi connectivity index (χ2v) is 7.92. The summed E-state index contributed by atoms with van der Waals surface area (Å²) in [6, 6.07) is 11.3. The zero-order valence-corrected chi connectivity index (χ0v) is 14.9. The summed E-state index contributed by atoms with van der Waals surface area (Å²) in [5, 5.41) is 6.36. The number of nitrogens with zero attached hydrogens (tertiary/aromatic N) is 1. The SMILES string of the molecule is CC(C)(C)OC(=O)NCCNC1C2CN(Cc3ccccc3)CC21. The van der Waals surface area contributed by atoms with Crippen LogP contribution in [0.15, 0.2) is 30.3 Å². The molecule has 2 fully saturated rings. The summed E-state index contributed by atoms with van der Waals surface area (Å²) in [5.41, 5.74) is 0.956. The van der Waals surface area contributed by atoms with Crippen molar-refractivity contribution in [1.82, 2.24) is 15.5 Å². The molecule has 1 aromatic carbocycles. The number of carbonyl (C=O) groups is 1. The molecule has 3 rings (SSSR count). The molecule has 0 bridgehead atoms. The van der Waals surface area contributed by atoms with Gasteiger partial charge in [0.05, 0.1) is 0 Å². The van der Waals surface area contributed by atoms with Crippen molar-refractivity contribution in [3.8, 4) is 0 Å². The Morgan fingerprint density at radius 2 is 1.83 bits per heavy atom. The highest BCUT2D eigenvalue weighted by molar-refractivity contribution is 5.67. The third kappa shape index (κ3) is 4.71. The number of alkyl carbamates (subject to hydrolysis) is 1. The quantitative estimate of drug-likeness (QED) is 0.785. The molecule has 5 nitrogen and oxygen atoms in total. The summed E-state index contributed by atoms with van der Waals surface area (Å²) in [5.74, 6) is 1.55. The van der Waals surface area contributed by atoms with Gasteiger partial charge in [0.15, 0.2) is 0 Å². The van der Waals surface area contributed by atoms with E-state index in [0.29, 0.717) is 12.6 Å². The first-order chi connectivity index (χ1) is 11.4. The van der Waals surface area contributed by atoms with Crippen LogP contribution >= 0.6 is 0 Å². The first-order valence-corrected chi connectivity index (χ1v) is 8.89. The molecule has 0 radical (unpaired) electrons. The third-order valence-electron chi connectivity index (χ3n) is 4.69. The summed E-state index contributed by atoms with van der Waals surface area (Å²) >= 11 is 0. The lowest BCUT2D eigenvalue weighted by atomic mass is 10.2. The minimum absolute atomic E-state index is 0.339.